The summed E-state index contributed by atoms with van der Waals surface area (Å²) in [4.78, 5) is 33.2. The van der Waals surface area contributed by atoms with Crippen molar-refractivity contribution in [3.63, 3.8) is 0 Å². The molecule has 5 heteroatoms. The minimum absolute atomic E-state index is 0.273. The lowest BCUT2D eigenvalue weighted by Crippen LogP contribution is -2.46. The summed E-state index contributed by atoms with van der Waals surface area (Å²) in [6, 6.07) is -0.827. The Morgan fingerprint density at radius 2 is 1.81 bits per heavy atom. The van der Waals surface area contributed by atoms with Gasteiger partial charge in [0.25, 0.3) is 0 Å². The minimum atomic E-state index is -0.827. The van der Waals surface area contributed by atoms with Crippen molar-refractivity contribution in [2.24, 2.45) is 5.92 Å². The number of nitrogens with one attached hydrogen (secondary N) is 1. The Labute approximate surface area is 95.5 Å². The van der Waals surface area contributed by atoms with Gasteiger partial charge in [0.15, 0.2) is 5.78 Å². The molecule has 0 aromatic carbocycles. The maximum absolute atomic E-state index is 11.4. The molecule has 0 saturated heterocycles. The normalized spacial score (nSPS) is 14.8. The lowest BCUT2D eigenvalue weighted by Gasteiger charge is -2.23. The molecule has 0 fully saturated rings. The Morgan fingerprint density at radius 1 is 1.31 bits per heavy atom. The van der Waals surface area contributed by atoms with Crippen LogP contribution in [0.4, 0.5) is 4.79 Å². The topological polar surface area (TPSA) is 72.5 Å². The zero-order chi connectivity index (χ0) is 12.9. The van der Waals surface area contributed by atoms with Crippen LogP contribution in [0.1, 0.15) is 34.6 Å². The van der Waals surface area contributed by atoms with Gasteiger partial charge in [0.1, 0.15) is 11.9 Å². The second-order valence-corrected chi connectivity index (χ2v) is 4.73. The van der Waals surface area contributed by atoms with Crippen molar-refractivity contribution in [2.75, 3.05) is 0 Å². The van der Waals surface area contributed by atoms with E-state index < -0.39 is 23.7 Å². The highest BCUT2D eigenvalue weighted by Crippen LogP contribution is 2.08. The molecule has 16 heavy (non-hydrogen) atoms. The molecule has 0 bridgehead atoms. The summed E-state index contributed by atoms with van der Waals surface area (Å²) >= 11 is 0. The minimum Gasteiger partial charge on any atom is -0.444 e. The lowest BCUT2D eigenvalue weighted by molar-refractivity contribution is -0.123. The highest BCUT2D eigenvalue weighted by Gasteiger charge is 2.26. The number of aldehydes is 1. The molecule has 0 heterocycles. The van der Waals surface area contributed by atoms with Gasteiger partial charge < -0.3 is 14.8 Å². The van der Waals surface area contributed by atoms with E-state index in [-0.39, 0.29) is 5.78 Å². The molecule has 0 rings (SSSR count). The van der Waals surface area contributed by atoms with Crippen molar-refractivity contribution in [3.8, 4) is 0 Å². The molecule has 0 aromatic rings. The number of alkyl carbamates (subject to hydrolysis) is 1. The van der Waals surface area contributed by atoms with Gasteiger partial charge in [0.2, 0.25) is 0 Å². The molecule has 0 aromatic heterocycles. The van der Waals surface area contributed by atoms with Crippen molar-refractivity contribution >= 4 is 18.2 Å². The quantitative estimate of drug-likeness (QED) is 0.737. The molecule has 0 saturated carbocycles. The molecule has 2 unspecified atom stereocenters. The van der Waals surface area contributed by atoms with Gasteiger partial charge in [0, 0.05) is 5.92 Å². The van der Waals surface area contributed by atoms with Crippen molar-refractivity contribution in [1.82, 2.24) is 5.32 Å². The van der Waals surface area contributed by atoms with Gasteiger partial charge in [0.05, 0.1) is 6.04 Å². The molecular formula is C11H19NO4. The van der Waals surface area contributed by atoms with Crippen LogP contribution in [0.5, 0.6) is 0 Å². The number of hydrogen-bond donors (Lipinski definition) is 1. The zero-order valence-electron chi connectivity index (χ0n) is 10.4. The van der Waals surface area contributed by atoms with Gasteiger partial charge in [-0.15, -0.1) is 0 Å². The summed E-state index contributed by atoms with van der Waals surface area (Å²) < 4.78 is 4.99. The van der Waals surface area contributed by atoms with E-state index >= 15 is 0 Å². The number of carbonyl (C=O) groups is 3. The lowest BCUT2D eigenvalue weighted by atomic mass is 10.0. The SMILES string of the molecule is CC(=O)C(NC(=O)OC(C)(C)C)C(C)C=O. The third-order valence-electron chi connectivity index (χ3n) is 1.85. The van der Waals surface area contributed by atoms with E-state index in [0.717, 1.165) is 0 Å². The van der Waals surface area contributed by atoms with Crippen molar-refractivity contribution in [1.29, 1.82) is 0 Å². The Hall–Kier alpha value is -1.39. The van der Waals surface area contributed by atoms with E-state index in [4.69, 9.17) is 4.74 Å². The molecule has 5 nitrogen and oxygen atoms in total. The first kappa shape index (κ1) is 14.6. The summed E-state index contributed by atoms with van der Waals surface area (Å²) in [7, 11) is 0. The van der Waals surface area contributed by atoms with E-state index in [1.165, 1.54) is 6.92 Å². The van der Waals surface area contributed by atoms with E-state index in [9.17, 15) is 14.4 Å². The summed E-state index contributed by atoms with van der Waals surface area (Å²) in [5.74, 6) is -0.838. The third-order valence-corrected chi connectivity index (χ3v) is 1.85. The van der Waals surface area contributed by atoms with Crippen molar-refractivity contribution in [2.45, 2.75) is 46.3 Å². The molecule has 0 aliphatic carbocycles. The fourth-order valence-corrected chi connectivity index (χ4v) is 1.12. The van der Waals surface area contributed by atoms with Crippen LogP contribution < -0.4 is 5.32 Å². The maximum atomic E-state index is 11.4. The fourth-order valence-electron chi connectivity index (χ4n) is 1.12. The van der Waals surface area contributed by atoms with Crippen LogP contribution in [-0.4, -0.2) is 29.8 Å². The number of amides is 1. The first-order valence-electron chi connectivity index (χ1n) is 5.12. The van der Waals surface area contributed by atoms with E-state index in [1.807, 2.05) is 0 Å². The van der Waals surface area contributed by atoms with Crippen LogP contribution >= 0.6 is 0 Å². The molecule has 0 aliphatic rings. The summed E-state index contributed by atoms with van der Waals surface area (Å²) in [5.41, 5.74) is -0.629. The molecule has 0 aliphatic heterocycles. The van der Waals surface area contributed by atoms with Crippen LogP contribution in [-0.2, 0) is 14.3 Å². The van der Waals surface area contributed by atoms with Gasteiger partial charge in [-0.25, -0.2) is 4.79 Å². The Kier molecular flexibility index (Phi) is 5.14. The number of ether oxygens (including phenoxy) is 1. The first-order chi connectivity index (χ1) is 7.17. The third kappa shape index (κ3) is 5.48. The summed E-state index contributed by atoms with van der Waals surface area (Å²) in [5, 5.41) is 2.38. The number of hydrogen-bond acceptors (Lipinski definition) is 4. The van der Waals surface area contributed by atoms with Crippen LogP contribution in [0.15, 0.2) is 0 Å². The Morgan fingerprint density at radius 3 is 2.12 bits per heavy atom. The van der Waals surface area contributed by atoms with E-state index in [1.54, 1.807) is 27.7 Å². The second-order valence-electron chi connectivity index (χ2n) is 4.73. The van der Waals surface area contributed by atoms with Crippen molar-refractivity contribution < 1.29 is 19.1 Å². The second kappa shape index (κ2) is 5.63. The maximum Gasteiger partial charge on any atom is 0.408 e. The molecule has 1 amide bonds. The largest absolute Gasteiger partial charge is 0.444 e. The van der Waals surface area contributed by atoms with Gasteiger partial charge >= 0.3 is 6.09 Å². The average molecular weight is 229 g/mol. The van der Waals surface area contributed by atoms with Crippen molar-refractivity contribution in [3.05, 3.63) is 0 Å². The number of carbonyl (C=O) groups excluding carboxylic acids is 3. The van der Waals surface area contributed by atoms with Crippen LogP contribution in [0, 0.1) is 5.92 Å². The van der Waals surface area contributed by atoms with Gasteiger partial charge in [-0.1, -0.05) is 6.92 Å². The monoisotopic (exact) mass is 229 g/mol. The molecule has 0 spiro atoms. The van der Waals surface area contributed by atoms with Gasteiger partial charge in [-0.2, -0.15) is 0 Å². The van der Waals surface area contributed by atoms with Gasteiger partial charge in [-0.3, -0.25) is 4.79 Å². The standard InChI is InChI=1S/C11H19NO4/c1-7(6-13)9(8(2)14)12-10(15)16-11(3,4)5/h6-7,9H,1-5H3,(H,12,15). The first-order valence-corrected chi connectivity index (χ1v) is 5.12. The summed E-state index contributed by atoms with van der Waals surface area (Å²) in [6.07, 6.45) is -0.0647. The smallest absolute Gasteiger partial charge is 0.408 e. The van der Waals surface area contributed by atoms with Gasteiger partial charge in [-0.05, 0) is 27.7 Å². The highest BCUT2D eigenvalue weighted by molar-refractivity contribution is 5.88. The van der Waals surface area contributed by atoms with E-state index in [0.29, 0.717) is 6.29 Å². The highest BCUT2D eigenvalue weighted by atomic mass is 16.6. The fraction of sp³-hybridized carbons (Fsp3) is 0.727. The summed E-state index contributed by atoms with van der Waals surface area (Å²) in [6.45, 7) is 8.05. The number of rotatable bonds is 4. The van der Waals surface area contributed by atoms with Crippen LogP contribution in [0.3, 0.4) is 0 Å². The molecule has 92 valence electrons. The predicted octanol–water partition coefficient (Wildman–Crippen LogP) is 1.30. The predicted molar refractivity (Wildman–Crippen MR) is 59.1 cm³/mol. The number of Topliss-reactive ketones (excluding diaryl/α,β-unsaturated/α-hetero) is 1. The number of ketones is 1. The molecule has 0 radical (unpaired) electrons. The average Bonchev–Trinajstić information content (AvgIpc) is 2.09. The molecule has 1 N–H and O–H groups in total. The van der Waals surface area contributed by atoms with E-state index in [2.05, 4.69) is 5.32 Å². The Balaban J connectivity index is 4.47. The molecular weight excluding hydrogens is 210 g/mol. The molecule has 2 atom stereocenters. The van der Waals surface area contributed by atoms with Crippen LogP contribution in [0.25, 0.3) is 0 Å². The van der Waals surface area contributed by atoms with Crippen LogP contribution in [0.2, 0.25) is 0 Å². The zero-order valence-corrected chi connectivity index (χ0v) is 10.4. The Bertz CT molecular complexity index is 280.